The van der Waals surface area contributed by atoms with Gasteiger partial charge in [0.15, 0.2) is 0 Å². The van der Waals surface area contributed by atoms with E-state index in [1.807, 2.05) is 24.3 Å². The van der Waals surface area contributed by atoms with Crippen molar-refractivity contribution in [3.63, 3.8) is 0 Å². The van der Waals surface area contributed by atoms with Gasteiger partial charge in [-0.1, -0.05) is 0 Å². The number of nitrogens with two attached hydrogens (primary N) is 1. The average molecular weight is 247 g/mol. The minimum atomic E-state index is 0.0886. The zero-order valence-corrected chi connectivity index (χ0v) is 10.9. The van der Waals surface area contributed by atoms with E-state index >= 15 is 0 Å². The van der Waals surface area contributed by atoms with Crippen LogP contribution in [0.4, 0.5) is 0 Å². The van der Waals surface area contributed by atoms with Gasteiger partial charge in [-0.25, -0.2) is 0 Å². The molecule has 2 rings (SSSR count). The molecule has 0 amide bonds. The molecule has 0 bridgehead atoms. The Hall–Kier alpha value is -1.55. The molecule has 18 heavy (non-hydrogen) atoms. The summed E-state index contributed by atoms with van der Waals surface area (Å²) in [7, 11) is 2.14. The van der Waals surface area contributed by atoms with E-state index in [2.05, 4.69) is 11.9 Å². The second kappa shape index (κ2) is 5.87. The van der Waals surface area contributed by atoms with Gasteiger partial charge in [0.1, 0.15) is 18.2 Å². The van der Waals surface area contributed by atoms with Crippen molar-refractivity contribution >= 4 is 5.84 Å². The highest BCUT2D eigenvalue weighted by Gasteiger charge is 2.22. The maximum absolute atomic E-state index is 7.30. The maximum Gasteiger partial charge on any atom is 0.122 e. The zero-order valence-electron chi connectivity index (χ0n) is 10.9. The smallest absolute Gasteiger partial charge is 0.122 e. The molecule has 0 aromatic heterocycles. The Bertz CT molecular complexity index is 398. The van der Waals surface area contributed by atoms with Crippen LogP contribution in [0.1, 0.15) is 18.4 Å². The first-order chi connectivity index (χ1) is 8.65. The fourth-order valence-electron chi connectivity index (χ4n) is 1.88. The fourth-order valence-corrected chi connectivity index (χ4v) is 1.88. The van der Waals surface area contributed by atoms with Crippen molar-refractivity contribution in [1.82, 2.24) is 4.90 Å². The van der Waals surface area contributed by atoms with Gasteiger partial charge in [-0.2, -0.15) is 0 Å². The molecule has 4 heteroatoms. The number of nitrogen functional groups attached to an aromatic ring is 1. The van der Waals surface area contributed by atoms with Gasteiger partial charge < -0.3 is 15.4 Å². The van der Waals surface area contributed by atoms with E-state index in [9.17, 15) is 0 Å². The molecule has 98 valence electrons. The lowest BCUT2D eigenvalue weighted by molar-refractivity contribution is 0.232. The molecule has 1 aromatic carbocycles. The van der Waals surface area contributed by atoms with E-state index in [0.29, 0.717) is 6.61 Å². The Balaban J connectivity index is 1.70. The zero-order chi connectivity index (χ0) is 13.0. The van der Waals surface area contributed by atoms with E-state index in [1.165, 1.54) is 19.4 Å². The molecule has 0 aliphatic heterocycles. The van der Waals surface area contributed by atoms with Crippen molar-refractivity contribution in [1.29, 1.82) is 5.41 Å². The molecule has 0 radical (unpaired) electrons. The van der Waals surface area contributed by atoms with Crippen LogP contribution < -0.4 is 10.5 Å². The molecular weight excluding hydrogens is 226 g/mol. The third-order valence-electron chi connectivity index (χ3n) is 3.17. The average Bonchev–Trinajstić information content (AvgIpc) is 3.13. The third-order valence-corrected chi connectivity index (χ3v) is 3.17. The quantitative estimate of drug-likeness (QED) is 0.569. The van der Waals surface area contributed by atoms with Crippen LogP contribution >= 0.6 is 0 Å². The molecule has 0 saturated heterocycles. The molecule has 1 aliphatic rings. The fraction of sp³-hybridized carbons (Fsp3) is 0.500. The summed E-state index contributed by atoms with van der Waals surface area (Å²) in [5.41, 5.74) is 6.12. The van der Waals surface area contributed by atoms with Gasteiger partial charge in [0.05, 0.1) is 0 Å². The summed E-state index contributed by atoms with van der Waals surface area (Å²) in [5, 5.41) is 7.30. The molecule has 0 atom stereocenters. The normalized spacial score (nSPS) is 14.8. The van der Waals surface area contributed by atoms with Crippen molar-refractivity contribution in [3.05, 3.63) is 29.8 Å². The van der Waals surface area contributed by atoms with Crippen molar-refractivity contribution in [2.45, 2.75) is 12.8 Å². The lowest BCUT2D eigenvalue weighted by Gasteiger charge is -2.16. The van der Waals surface area contributed by atoms with Gasteiger partial charge in [-0.05, 0) is 50.1 Å². The molecule has 0 spiro atoms. The predicted molar refractivity (Wildman–Crippen MR) is 73.2 cm³/mol. The highest BCUT2D eigenvalue weighted by atomic mass is 16.5. The molecule has 1 aromatic rings. The van der Waals surface area contributed by atoms with Crippen molar-refractivity contribution < 1.29 is 4.74 Å². The van der Waals surface area contributed by atoms with E-state index in [0.717, 1.165) is 23.8 Å². The number of benzene rings is 1. The minimum Gasteiger partial charge on any atom is -0.492 e. The summed E-state index contributed by atoms with van der Waals surface area (Å²) in [4.78, 5) is 2.32. The molecule has 1 fully saturated rings. The van der Waals surface area contributed by atoms with Crippen LogP contribution in [0, 0.1) is 11.3 Å². The molecule has 4 nitrogen and oxygen atoms in total. The van der Waals surface area contributed by atoms with E-state index in [-0.39, 0.29) is 5.84 Å². The Labute approximate surface area is 108 Å². The molecular formula is C14H21N3O. The Kier molecular flexibility index (Phi) is 4.20. The van der Waals surface area contributed by atoms with Crippen LogP contribution in [0.2, 0.25) is 0 Å². The second-order valence-corrected chi connectivity index (χ2v) is 4.99. The number of ether oxygens (including phenoxy) is 1. The Morgan fingerprint density at radius 2 is 2.06 bits per heavy atom. The molecule has 0 heterocycles. The number of hydrogen-bond acceptors (Lipinski definition) is 3. The summed E-state index contributed by atoms with van der Waals surface area (Å²) in [6.45, 7) is 2.83. The number of nitrogens with one attached hydrogen (secondary N) is 1. The van der Waals surface area contributed by atoms with Gasteiger partial charge in [0.25, 0.3) is 0 Å². The Morgan fingerprint density at radius 1 is 1.39 bits per heavy atom. The summed E-state index contributed by atoms with van der Waals surface area (Å²) in [6, 6.07) is 7.34. The minimum absolute atomic E-state index is 0.0886. The monoisotopic (exact) mass is 247 g/mol. The van der Waals surface area contributed by atoms with E-state index < -0.39 is 0 Å². The van der Waals surface area contributed by atoms with Crippen LogP contribution in [0.15, 0.2) is 24.3 Å². The lowest BCUT2D eigenvalue weighted by Crippen LogP contribution is -2.26. The van der Waals surface area contributed by atoms with Gasteiger partial charge in [-0.15, -0.1) is 0 Å². The Morgan fingerprint density at radius 3 is 2.61 bits per heavy atom. The highest BCUT2D eigenvalue weighted by molar-refractivity contribution is 5.94. The SMILES string of the molecule is CN(CCOc1ccc(C(=N)N)cc1)CC1CC1. The standard InChI is InChI=1S/C14H21N3O/c1-17(10-11-2-3-11)8-9-18-13-6-4-12(5-7-13)14(15)16/h4-7,11H,2-3,8-10H2,1H3,(H3,15,16). The van der Waals surface area contributed by atoms with Crippen molar-refractivity contribution in [2.24, 2.45) is 11.7 Å². The number of rotatable bonds is 7. The van der Waals surface area contributed by atoms with Gasteiger partial charge in [-0.3, -0.25) is 5.41 Å². The van der Waals surface area contributed by atoms with Crippen LogP contribution in [0.3, 0.4) is 0 Å². The van der Waals surface area contributed by atoms with Crippen LogP contribution in [-0.2, 0) is 0 Å². The highest BCUT2D eigenvalue weighted by Crippen LogP contribution is 2.29. The van der Waals surface area contributed by atoms with E-state index in [4.69, 9.17) is 15.9 Å². The van der Waals surface area contributed by atoms with Crippen LogP contribution in [0.25, 0.3) is 0 Å². The molecule has 3 N–H and O–H groups in total. The third kappa shape index (κ3) is 4.04. The lowest BCUT2D eigenvalue weighted by atomic mass is 10.2. The van der Waals surface area contributed by atoms with E-state index in [1.54, 1.807) is 0 Å². The number of amidine groups is 1. The first-order valence-electron chi connectivity index (χ1n) is 6.41. The summed E-state index contributed by atoms with van der Waals surface area (Å²) in [5.74, 6) is 1.84. The largest absolute Gasteiger partial charge is 0.492 e. The van der Waals surface area contributed by atoms with Gasteiger partial charge in [0.2, 0.25) is 0 Å². The number of likely N-dealkylation sites (N-methyl/N-ethyl adjacent to an activating group) is 1. The predicted octanol–water partition coefficient (Wildman–Crippen LogP) is 1.69. The van der Waals surface area contributed by atoms with Crippen molar-refractivity contribution in [3.8, 4) is 5.75 Å². The van der Waals surface area contributed by atoms with Crippen molar-refractivity contribution in [2.75, 3.05) is 26.7 Å². The number of nitrogens with zero attached hydrogens (tertiary/aromatic N) is 1. The van der Waals surface area contributed by atoms with Gasteiger partial charge >= 0.3 is 0 Å². The molecule has 0 unspecified atom stereocenters. The molecule has 1 saturated carbocycles. The summed E-state index contributed by atoms with van der Waals surface area (Å²) < 4.78 is 5.66. The first kappa shape index (κ1) is 12.9. The maximum atomic E-state index is 7.30. The second-order valence-electron chi connectivity index (χ2n) is 4.99. The molecule has 1 aliphatic carbocycles. The van der Waals surface area contributed by atoms with Crippen LogP contribution in [0.5, 0.6) is 5.75 Å². The van der Waals surface area contributed by atoms with Gasteiger partial charge in [0, 0.05) is 18.7 Å². The number of hydrogen-bond donors (Lipinski definition) is 2. The topological polar surface area (TPSA) is 62.3 Å². The van der Waals surface area contributed by atoms with Crippen LogP contribution in [-0.4, -0.2) is 37.5 Å². The summed E-state index contributed by atoms with van der Waals surface area (Å²) >= 11 is 0. The first-order valence-corrected chi connectivity index (χ1v) is 6.41. The summed E-state index contributed by atoms with van der Waals surface area (Å²) in [6.07, 6.45) is 2.77.